The molecule has 0 aliphatic heterocycles. The number of hydrogen-bond donors (Lipinski definition) is 2. The molecular formula is C18H23FN2O2S. The summed E-state index contributed by atoms with van der Waals surface area (Å²) in [5.74, 6) is -0.838. The van der Waals surface area contributed by atoms with E-state index in [0.29, 0.717) is 4.90 Å². The number of thioether (sulfide) groups is 1. The third kappa shape index (κ3) is 4.38. The fraction of sp³-hybridized carbons (Fsp3) is 0.444. The summed E-state index contributed by atoms with van der Waals surface area (Å²) in [5, 5.41) is 0. The van der Waals surface area contributed by atoms with Gasteiger partial charge in [0.05, 0.1) is 11.7 Å². The van der Waals surface area contributed by atoms with Crippen LogP contribution < -0.4 is 10.9 Å². The molecule has 130 valence electrons. The van der Waals surface area contributed by atoms with Crippen LogP contribution in [-0.4, -0.2) is 17.6 Å². The van der Waals surface area contributed by atoms with Crippen LogP contribution in [0.15, 0.2) is 40.8 Å². The maximum atomic E-state index is 13.5. The van der Waals surface area contributed by atoms with Gasteiger partial charge in [0.2, 0.25) is 11.8 Å². The Labute approximate surface area is 146 Å². The summed E-state index contributed by atoms with van der Waals surface area (Å²) in [6, 6.07) is 6.27. The number of carbonyl (C=O) groups excluding carboxylic acids is 2. The van der Waals surface area contributed by atoms with Crippen molar-refractivity contribution in [2.75, 3.05) is 5.75 Å². The normalized spacial score (nSPS) is 20.9. The molecule has 0 heterocycles. The van der Waals surface area contributed by atoms with E-state index in [9.17, 15) is 14.0 Å². The van der Waals surface area contributed by atoms with Crippen LogP contribution in [0.3, 0.4) is 0 Å². The molecule has 1 aliphatic rings. The van der Waals surface area contributed by atoms with Gasteiger partial charge in [-0.15, -0.1) is 11.8 Å². The Hall–Kier alpha value is -1.82. The summed E-state index contributed by atoms with van der Waals surface area (Å²) in [7, 11) is 0. The van der Waals surface area contributed by atoms with Crippen LogP contribution in [-0.2, 0) is 9.59 Å². The minimum absolute atomic E-state index is 0.0344. The predicted molar refractivity (Wildman–Crippen MR) is 93.6 cm³/mol. The standard InChI is InChI=1S/C18H23FN2O2S/c1-11(2)9-12-16(18(12,3)4)17(23)21-20-15(22)10-24-14-8-6-5-7-13(14)19/h5-9,12,16H,10H2,1-4H3,(H,20,22)(H,21,23). The lowest BCUT2D eigenvalue weighted by atomic mass is 10.1. The largest absolute Gasteiger partial charge is 0.273 e. The van der Waals surface area contributed by atoms with Crippen LogP contribution in [0.4, 0.5) is 4.39 Å². The van der Waals surface area contributed by atoms with Crippen LogP contribution in [0.2, 0.25) is 0 Å². The quantitative estimate of drug-likeness (QED) is 0.487. The maximum absolute atomic E-state index is 13.5. The zero-order valence-electron chi connectivity index (χ0n) is 14.4. The van der Waals surface area contributed by atoms with Gasteiger partial charge < -0.3 is 0 Å². The number of amides is 2. The van der Waals surface area contributed by atoms with Crippen LogP contribution in [0, 0.1) is 23.1 Å². The number of rotatable bonds is 5. The van der Waals surface area contributed by atoms with E-state index in [2.05, 4.69) is 16.9 Å². The Balaban J connectivity index is 1.79. The molecule has 2 N–H and O–H groups in total. The molecule has 1 aliphatic carbocycles. The summed E-state index contributed by atoms with van der Waals surface area (Å²) < 4.78 is 13.5. The van der Waals surface area contributed by atoms with Crippen molar-refractivity contribution in [2.24, 2.45) is 17.3 Å². The van der Waals surface area contributed by atoms with Crippen molar-refractivity contribution >= 4 is 23.6 Å². The van der Waals surface area contributed by atoms with E-state index in [4.69, 9.17) is 0 Å². The van der Waals surface area contributed by atoms with Crippen LogP contribution in [0.25, 0.3) is 0 Å². The third-order valence-electron chi connectivity index (χ3n) is 4.23. The van der Waals surface area contributed by atoms with E-state index in [1.54, 1.807) is 18.2 Å². The summed E-state index contributed by atoms with van der Waals surface area (Å²) in [4.78, 5) is 24.4. The fourth-order valence-electron chi connectivity index (χ4n) is 2.80. The zero-order valence-corrected chi connectivity index (χ0v) is 15.2. The average Bonchev–Trinajstić information content (AvgIpc) is 3.04. The first-order valence-electron chi connectivity index (χ1n) is 7.84. The minimum atomic E-state index is -0.367. The number of nitrogens with one attached hydrogen (secondary N) is 2. The first-order valence-corrected chi connectivity index (χ1v) is 8.83. The SMILES string of the molecule is CC(C)=CC1C(C(=O)NNC(=O)CSc2ccccc2F)C1(C)C. The lowest BCUT2D eigenvalue weighted by molar-refractivity contribution is -0.129. The number of hydrogen-bond acceptors (Lipinski definition) is 3. The number of hydrazine groups is 1. The number of halogens is 1. The highest BCUT2D eigenvalue weighted by atomic mass is 32.2. The van der Waals surface area contributed by atoms with Crippen LogP contribution in [0.5, 0.6) is 0 Å². The van der Waals surface area contributed by atoms with Crippen molar-refractivity contribution in [3.63, 3.8) is 0 Å². The number of carbonyl (C=O) groups is 2. The Morgan fingerprint density at radius 1 is 1.25 bits per heavy atom. The molecule has 0 radical (unpaired) electrons. The summed E-state index contributed by atoms with van der Waals surface area (Å²) in [5.41, 5.74) is 5.95. The molecule has 1 saturated carbocycles. The summed E-state index contributed by atoms with van der Waals surface area (Å²) >= 11 is 1.09. The molecule has 0 aromatic heterocycles. The Kier molecular flexibility index (Phi) is 5.70. The van der Waals surface area contributed by atoms with E-state index in [0.717, 1.165) is 11.8 Å². The van der Waals surface area contributed by atoms with Gasteiger partial charge in [-0.05, 0) is 37.3 Å². The molecule has 1 aromatic rings. The van der Waals surface area contributed by atoms with Gasteiger partial charge in [-0.1, -0.05) is 37.6 Å². The average molecular weight is 350 g/mol. The summed E-state index contributed by atoms with van der Waals surface area (Å²) in [6.07, 6.45) is 2.10. The lowest BCUT2D eigenvalue weighted by Gasteiger charge is -2.08. The van der Waals surface area contributed by atoms with E-state index in [-0.39, 0.29) is 40.6 Å². The highest BCUT2D eigenvalue weighted by Crippen LogP contribution is 2.59. The highest BCUT2D eigenvalue weighted by Gasteiger charge is 2.60. The van der Waals surface area contributed by atoms with Gasteiger partial charge in [-0.25, -0.2) is 4.39 Å². The van der Waals surface area contributed by atoms with Gasteiger partial charge in [0.1, 0.15) is 5.82 Å². The second kappa shape index (κ2) is 7.38. The van der Waals surface area contributed by atoms with Crippen LogP contribution in [0.1, 0.15) is 27.7 Å². The number of allylic oxidation sites excluding steroid dienone is 2. The molecule has 1 fully saturated rings. The maximum Gasteiger partial charge on any atom is 0.248 e. The van der Waals surface area contributed by atoms with Gasteiger partial charge in [-0.3, -0.25) is 20.4 Å². The Morgan fingerprint density at radius 2 is 1.92 bits per heavy atom. The van der Waals surface area contributed by atoms with Crippen molar-refractivity contribution in [3.05, 3.63) is 41.7 Å². The molecule has 4 nitrogen and oxygen atoms in total. The topological polar surface area (TPSA) is 58.2 Å². The van der Waals surface area contributed by atoms with E-state index in [1.807, 2.05) is 27.7 Å². The van der Waals surface area contributed by atoms with Gasteiger partial charge in [0.15, 0.2) is 0 Å². The van der Waals surface area contributed by atoms with Crippen LogP contribution >= 0.6 is 11.8 Å². The van der Waals surface area contributed by atoms with Gasteiger partial charge >= 0.3 is 0 Å². The smallest absolute Gasteiger partial charge is 0.248 e. The van der Waals surface area contributed by atoms with E-state index >= 15 is 0 Å². The second-order valence-electron chi connectivity index (χ2n) is 6.83. The molecule has 2 rings (SSSR count). The second-order valence-corrected chi connectivity index (χ2v) is 7.84. The highest BCUT2D eigenvalue weighted by molar-refractivity contribution is 8.00. The molecule has 2 unspecified atom stereocenters. The molecule has 24 heavy (non-hydrogen) atoms. The molecule has 2 amide bonds. The minimum Gasteiger partial charge on any atom is -0.273 e. The molecule has 0 spiro atoms. The third-order valence-corrected chi connectivity index (χ3v) is 5.28. The monoisotopic (exact) mass is 350 g/mol. The Morgan fingerprint density at radius 3 is 2.54 bits per heavy atom. The van der Waals surface area contributed by atoms with Crippen molar-refractivity contribution in [2.45, 2.75) is 32.6 Å². The zero-order chi connectivity index (χ0) is 17.9. The summed E-state index contributed by atoms with van der Waals surface area (Å²) in [6.45, 7) is 8.09. The molecule has 0 bridgehead atoms. The molecule has 2 atom stereocenters. The van der Waals surface area contributed by atoms with Gasteiger partial charge in [-0.2, -0.15) is 0 Å². The lowest BCUT2D eigenvalue weighted by Crippen LogP contribution is -2.43. The van der Waals surface area contributed by atoms with Crippen molar-refractivity contribution in [1.82, 2.24) is 10.9 Å². The first-order chi connectivity index (χ1) is 11.2. The van der Waals surface area contributed by atoms with E-state index in [1.165, 1.54) is 11.6 Å². The Bertz CT molecular complexity index is 669. The van der Waals surface area contributed by atoms with Crippen molar-refractivity contribution in [1.29, 1.82) is 0 Å². The molecule has 1 aromatic carbocycles. The fourth-order valence-corrected chi connectivity index (χ4v) is 3.54. The predicted octanol–water partition coefficient (Wildman–Crippen LogP) is 3.30. The molecule has 6 heteroatoms. The van der Waals surface area contributed by atoms with Crippen molar-refractivity contribution < 1.29 is 14.0 Å². The van der Waals surface area contributed by atoms with Gasteiger partial charge in [0, 0.05) is 4.90 Å². The molecule has 0 saturated heterocycles. The number of benzene rings is 1. The van der Waals surface area contributed by atoms with Gasteiger partial charge in [0.25, 0.3) is 0 Å². The van der Waals surface area contributed by atoms with Crippen molar-refractivity contribution in [3.8, 4) is 0 Å². The first kappa shape index (κ1) is 18.5. The molecular weight excluding hydrogens is 327 g/mol. The van der Waals surface area contributed by atoms with E-state index < -0.39 is 0 Å².